The molecule has 1 fully saturated rings. The van der Waals surface area contributed by atoms with Gasteiger partial charge in [0.25, 0.3) is 5.91 Å². The molecule has 4 amide bonds. The molecule has 1 aliphatic heterocycles. The number of nitrogens with one attached hydrogen (secondary N) is 2. The maximum Gasteiger partial charge on any atom is 0.338 e. The van der Waals surface area contributed by atoms with E-state index in [9.17, 15) is 19.2 Å². The van der Waals surface area contributed by atoms with Crippen LogP contribution in [0.3, 0.4) is 0 Å². The Labute approximate surface area is 145 Å². The first-order valence-electron chi connectivity index (χ1n) is 8.11. The third-order valence-electron chi connectivity index (χ3n) is 3.66. The van der Waals surface area contributed by atoms with E-state index in [2.05, 4.69) is 5.32 Å². The van der Waals surface area contributed by atoms with E-state index in [1.54, 1.807) is 36.1 Å². The number of ether oxygens (including phenoxy) is 1. The Bertz CT molecular complexity index is 657. The third-order valence-corrected chi connectivity index (χ3v) is 3.66. The normalized spacial score (nSPS) is 13.5. The molecule has 1 heterocycles. The van der Waals surface area contributed by atoms with Gasteiger partial charge in [0.15, 0.2) is 6.61 Å². The van der Waals surface area contributed by atoms with E-state index in [4.69, 9.17) is 4.74 Å². The van der Waals surface area contributed by atoms with Gasteiger partial charge in [-0.1, -0.05) is 12.1 Å². The molecule has 2 rings (SSSR count). The van der Waals surface area contributed by atoms with Crippen LogP contribution in [-0.4, -0.2) is 48.4 Å². The fourth-order valence-electron chi connectivity index (χ4n) is 2.42. The predicted molar refractivity (Wildman–Crippen MR) is 88.6 cm³/mol. The Kier molecular flexibility index (Phi) is 6.50. The smallest absolute Gasteiger partial charge is 0.338 e. The molecular weight excluding hydrogens is 326 g/mol. The Morgan fingerprint density at radius 1 is 1.20 bits per heavy atom. The first-order valence-corrected chi connectivity index (χ1v) is 8.11. The van der Waals surface area contributed by atoms with Gasteiger partial charge in [-0.3, -0.25) is 14.9 Å². The molecule has 134 valence electrons. The summed E-state index contributed by atoms with van der Waals surface area (Å²) >= 11 is 0. The van der Waals surface area contributed by atoms with E-state index in [0.29, 0.717) is 25.1 Å². The zero-order valence-electron chi connectivity index (χ0n) is 14.0. The molecule has 0 unspecified atom stereocenters. The van der Waals surface area contributed by atoms with Crippen LogP contribution < -0.4 is 10.6 Å². The SMILES string of the molecule is CCNC(=O)NC(=O)COC(=O)c1ccc(CN2CCCC2=O)cc1. The van der Waals surface area contributed by atoms with Crippen molar-refractivity contribution in [2.75, 3.05) is 19.7 Å². The maximum absolute atomic E-state index is 11.9. The molecular formula is C17H21N3O5. The highest BCUT2D eigenvalue weighted by Gasteiger charge is 2.20. The standard InChI is InChI=1S/C17H21N3O5/c1-2-18-17(24)19-14(21)11-25-16(23)13-7-5-12(6-8-13)10-20-9-3-4-15(20)22/h5-8H,2-4,9-11H2,1H3,(H2,18,19,21,24). The number of hydrogen-bond donors (Lipinski definition) is 2. The molecule has 1 aromatic carbocycles. The minimum Gasteiger partial charge on any atom is -0.452 e. The molecule has 1 aliphatic rings. The van der Waals surface area contributed by atoms with Gasteiger partial charge in [-0.2, -0.15) is 0 Å². The van der Waals surface area contributed by atoms with Crippen molar-refractivity contribution in [2.24, 2.45) is 0 Å². The number of carbonyl (C=O) groups excluding carboxylic acids is 4. The minimum absolute atomic E-state index is 0.140. The number of hydrogen-bond acceptors (Lipinski definition) is 5. The Hall–Kier alpha value is -2.90. The van der Waals surface area contributed by atoms with Gasteiger partial charge in [0.2, 0.25) is 5.91 Å². The van der Waals surface area contributed by atoms with Crippen molar-refractivity contribution in [1.29, 1.82) is 0 Å². The van der Waals surface area contributed by atoms with Gasteiger partial charge in [-0.25, -0.2) is 9.59 Å². The number of esters is 1. The lowest BCUT2D eigenvalue weighted by molar-refractivity contribution is -0.128. The largest absolute Gasteiger partial charge is 0.452 e. The molecule has 0 bridgehead atoms. The van der Waals surface area contributed by atoms with Gasteiger partial charge < -0.3 is 15.0 Å². The van der Waals surface area contributed by atoms with Crippen molar-refractivity contribution in [3.63, 3.8) is 0 Å². The molecule has 2 N–H and O–H groups in total. The van der Waals surface area contributed by atoms with Gasteiger partial charge in [0.05, 0.1) is 5.56 Å². The van der Waals surface area contributed by atoms with E-state index in [-0.39, 0.29) is 5.91 Å². The van der Waals surface area contributed by atoms with Gasteiger partial charge in [-0.05, 0) is 31.0 Å². The molecule has 0 aliphatic carbocycles. The van der Waals surface area contributed by atoms with Crippen molar-refractivity contribution in [2.45, 2.75) is 26.3 Å². The Morgan fingerprint density at radius 3 is 2.52 bits per heavy atom. The van der Waals surface area contributed by atoms with E-state index < -0.39 is 24.5 Å². The number of likely N-dealkylation sites (tertiary alicyclic amines) is 1. The highest BCUT2D eigenvalue weighted by molar-refractivity contribution is 5.97. The molecule has 0 radical (unpaired) electrons. The molecule has 8 heteroatoms. The van der Waals surface area contributed by atoms with E-state index in [1.165, 1.54) is 0 Å². The number of urea groups is 1. The number of benzene rings is 1. The molecule has 0 atom stereocenters. The summed E-state index contributed by atoms with van der Waals surface area (Å²) in [4.78, 5) is 47.9. The van der Waals surface area contributed by atoms with Crippen LogP contribution in [0.4, 0.5) is 4.79 Å². The van der Waals surface area contributed by atoms with Crippen LogP contribution >= 0.6 is 0 Å². The zero-order valence-corrected chi connectivity index (χ0v) is 14.0. The molecule has 8 nitrogen and oxygen atoms in total. The summed E-state index contributed by atoms with van der Waals surface area (Å²) < 4.78 is 4.86. The van der Waals surface area contributed by atoms with Crippen LogP contribution in [0.2, 0.25) is 0 Å². The highest BCUT2D eigenvalue weighted by Crippen LogP contribution is 2.15. The predicted octanol–water partition coefficient (Wildman–Crippen LogP) is 0.812. The van der Waals surface area contributed by atoms with Crippen LogP contribution in [0.1, 0.15) is 35.7 Å². The fourth-order valence-corrected chi connectivity index (χ4v) is 2.42. The minimum atomic E-state index is -0.705. The molecule has 0 spiro atoms. The summed E-state index contributed by atoms with van der Waals surface area (Å²) in [5.74, 6) is -1.22. The summed E-state index contributed by atoms with van der Waals surface area (Å²) in [5.41, 5.74) is 1.21. The second-order valence-corrected chi connectivity index (χ2v) is 5.60. The second-order valence-electron chi connectivity index (χ2n) is 5.60. The van der Waals surface area contributed by atoms with Gasteiger partial charge in [0.1, 0.15) is 0 Å². The van der Waals surface area contributed by atoms with Crippen LogP contribution in [0.5, 0.6) is 0 Å². The highest BCUT2D eigenvalue weighted by atomic mass is 16.5. The second kappa shape index (κ2) is 8.81. The third kappa shape index (κ3) is 5.59. The molecule has 0 saturated carbocycles. The van der Waals surface area contributed by atoms with Gasteiger partial charge >= 0.3 is 12.0 Å². The van der Waals surface area contributed by atoms with E-state index in [1.807, 2.05) is 5.32 Å². The topological polar surface area (TPSA) is 105 Å². The number of amides is 4. The van der Waals surface area contributed by atoms with Gasteiger partial charge in [-0.15, -0.1) is 0 Å². The van der Waals surface area contributed by atoms with Crippen molar-refractivity contribution in [3.05, 3.63) is 35.4 Å². The quantitative estimate of drug-likeness (QED) is 0.741. The summed E-state index contributed by atoms with van der Waals surface area (Å²) in [5, 5.41) is 4.43. The van der Waals surface area contributed by atoms with Crippen LogP contribution in [-0.2, 0) is 20.9 Å². The molecule has 0 aromatic heterocycles. The lowest BCUT2D eigenvalue weighted by atomic mass is 10.1. The monoisotopic (exact) mass is 347 g/mol. The Morgan fingerprint density at radius 2 is 1.92 bits per heavy atom. The lowest BCUT2D eigenvalue weighted by Gasteiger charge is -2.15. The van der Waals surface area contributed by atoms with E-state index in [0.717, 1.165) is 18.5 Å². The first kappa shape index (κ1) is 18.4. The summed E-state index contributed by atoms with van der Waals surface area (Å²) in [6.07, 6.45) is 1.46. The van der Waals surface area contributed by atoms with Crippen molar-refractivity contribution in [1.82, 2.24) is 15.5 Å². The molecule has 25 heavy (non-hydrogen) atoms. The Balaban J connectivity index is 1.80. The zero-order chi connectivity index (χ0) is 18.2. The molecule has 1 aromatic rings. The average Bonchev–Trinajstić information content (AvgIpc) is 2.98. The summed E-state index contributed by atoms with van der Waals surface area (Å²) in [6, 6.07) is 6.03. The van der Waals surface area contributed by atoms with Crippen LogP contribution in [0.15, 0.2) is 24.3 Å². The number of imide groups is 1. The maximum atomic E-state index is 11.9. The first-order chi connectivity index (χ1) is 12.0. The number of carbonyl (C=O) groups is 4. The summed E-state index contributed by atoms with van der Waals surface area (Å²) in [6.45, 7) is 2.83. The van der Waals surface area contributed by atoms with E-state index >= 15 is 0 Å². The van der Waals surface area contributed by atoms with Crippen LogP contribution in [0, 0.1) is 0 Å². The van der Waals surface area contributed by atoms with Crippen molar-refractivity contribution < 1.29 is 23.9 Å². The van der Waals surface area contributed by atoms with Gasteiger partial charge in [0, 0.05) is 26.1 Å². The number of rotatable bonds is 6. The van der Waals surface area contributed by atoms with Crippen LogP contribution in [0.25, 0.3) is 0 Å². The number of nitrogens with zero attached hydrogens (tertiary/aromatic N) is 1. The van der Waals surface area contributed by atoms with Crippen molar-refractivity contribution in [3.8, 4) is 0 Å². The molecule has 1 saturated heterocycles. The average molecular weight is 347 g/mol. The fraction of sp³-hybridized carbons (Fsp3) is 0.412. The van der Waals surface area contributed by atoms with Crippen molar-refractivity contribution >= 4 is 23.8 Å². The summed E-state index contributed by atoms with van der Waals surface area (Å²) in [7, 11) is 0. The lowest BCUT2D eigenvalue weighted by Crippen LogP contribution is -2.41.